The largest absolute Gasteiger partial charge is 0.439 e. The second-order valence-corrected chi connectivity index (χ2v) is 8.45. The number of carbonyl (C=O) groups excluding carboxylic acids is 1. The van der Waals surface area contributed by atoms with E-state index in [0.29, 0.717) is 0 Å². The van der Waals surface area contributed by atoms with E-state index in [1.165, 1.54) is 32.4 Å². The summed E-state index contributed by atoms with van der Waals surface area (Å²) in [6, 6.07) is 10.3. The fourth-order valence-corrected chi connectivity index (χ4v) is 4.33. The van der Waals surface area contributed by atoms with Crippen LogP contribution in [0.15, 0.2) is 30.3 Å². The maximum absolute atomic E-state index is 12.7. The van der Waals surface area contributed by atoms with Gasteiger partial charge in [-0.05, 0) is 56.3 Å². The highest BCUT2D eigenvalue weighted by Gasteiger charge is 2.49. The lowest BCUT2D eigenvalue weighted by Crippen LogP contribution is -2.45. The molecule has 1 amide bonds. The molecule has 2 fully saturated rings. The van der Waals surface area contributed by atoms with E-state index in [1.54, 1.807) is 0 Å². The van der Waals surface area contributed by atoms with Gasteiger partial charge in [0.25, 0.3) is 0 Å². The Morgan fingerprint density at radius 3 is 2.42 bits per heavy atom. The standard InChI is InChI=1S/C22H34N2O2/c1-4-22(2,3)20-19(18-12-7-5-8-13-18)26-21(25)24(20)17-11-16-23-14-9-6-10-15-23/h5,7-8,12-13,19-20H,4,6,9-11,14-17H2,1-3H3. The first-order valence-electron chi connectivity index (χ1n) is 10.3. The van der Waals surface area contributed by atoms with E-state index in [9.17, 15) is 4.79 Å². The summed E-state index contributed by atoms with van der Waals surface area (Å²) in [5.74, 6) is 0. The van der Waals surface area contributed by atoms with Gasteiger partial charge >= 0.3 is 6.09 Å². The third-order valence-electron chi connectivity index (χ3n) is 6.25. The average molecular weight is 359 g/mol. The lowest BCUT2D eigenvalue weighted by atomic mass is 9.77. The molecule has 26 heavy (non-hydrogen) atoms. The van der Waals surface area contributed by atoms with Crippen LogP contribution in [-0.2, 0) is 4.74 Å². The van der Waals surface area contributed by atoms with E-state index < -0.39 is 0 Å². The van der Waals surface area contributed by atoms with E-state index in [0.717, 1.165) is 31.5 Å². The number of piperidine rings is 1. The van der Waals surface area contributed by atoms with Gasteiger partial charge in [0, 0.05) is 6.54 Å². The highest BCUT2D eigenvalue weighted by atomic mass is 16.6. The number of carbonyl (C=O) groups is 1. The highest BCUT2D eigenvalue weighted by molar-refractivity contribution is 5.71. The first kappa shape index (κ1) is 19.2. The van der Waals surface area contributed by atoms with Crippen LogP contribution in [0, 0.1) is 5.41 Å². The molecule has 144 valence electrons. The van der Waals surface area contributed by atoms with E-state index in [2.05, 4.69) is 37.8 Å². The average Bonchev–Trinajstić information content (AvgIpc) is 3.01. The molecular weight excluding hydrogens is 324 g/mol. The lowest BCUT2D eigenvalue weighted by molar-refractivity contribution is 0.0885. The van der Waals surface area contributed by atoms with E-state index >= 15 is 0 Å². The molecule has 1 aromatic rings. The zero-order valence-electron chi connectivity index (χ0n) is 16.6. The molecule has 4 heteroatoms. The van der Waals surface area contributed by atoms with Gasteiger partial charge in [0.15, 0.2) is 0 Å². The first-order valence-corrected chi connectivity index (χ1v) is 10.3. The highest BCUT2D eigenvalue weighted by Crippen LogP contribution is 2.43. The second-order valence-electron chi connectivity index (χ2n) is 8.45. The third kappa shape index (κ3) is 4.22. The minimum absolute atomic E-state index is 0.0117. The van der Waals surface area contributed by atoms with Gasteiger partial charge in [-0.25, -0.2) is 4.79 Å². The van der Waals surface area contributed by atoms with E-state index in [1.807, 2.05) is 23.1 Å². The Labute approximate surface area is 158 Å². The summed E-state index contributed by atoms with van der Waals surface area (Å²) in [7, 11) is 0. The normalized spacial score (nSPS) is 24.7. The summed E-state index contributed by atoms with van der Waals surface area (Å²) >= 11 is 0. The van der Waals surface area contributed by atoms with Gasteiger partial charge in [0.05, 0.1) is 6.04 Å². The van der Waals surface area contributed by atoms with Gasteiger partial charge in [-0.15, -0.1) is 0 Å². The Bertz CT molecular complexity index is 581. The molecule has 0 N–H and O–H groups in total. The second kappa shape index (κ2) is 8.43. The molecule has 0 aliphatic carbocycles. The van der Waals surface area contributed by atoms with Crippen LogP contribution < -0.4 is 0 Å². The van der Waals surface area contributed by atoms with Crippen LogP contribution in [0.3, 0.4) is 0 Å². The molecule has 3 rings (SSSR count). The zero-order valence-corrected chi connectivity index (χ0v) is 16.6. The molecule has 2 saturated heterocycles. The number of likely N-dealkylation sites (tertiary alicyclic amines) is 1. The Hall–Kier alpha value is -1.55. The molecular formula is C22H34N2O2. The first-order chi connectivity index (χ1) is 12.5. The summed E-state index contributed by atoms with van der Waals surface area (Å²) in [4.78, 5) is 17.2. The lowest BCUT2D eigenvalue weighted by Gasteiger charge is -2.38. The number of amides is 1. The molecule has 2 unspecified atom stereocenters. The van der Waals surface area contributed by atoms with Crippen LogP contribution in [0.25, 0.3) is 0 Å². The molecule has 0 radical (unpaired) electrons. The third-order valence-corrected chi connectivity index (χ3v) is 6.25. The van der Waals surface area contributed by atoms with Crippen molar-refractivity contribution in [3.63, 3.8) is 0 Å². The Kier molecular flexibility index (Phi) is 6.23. The molecule has 1 aromatic carbocycles. The van der Waals surface area contributed by atoms with Crippen molar-refractivity contribution in [2.24, 2.45) is 5.41 Å². The summed E-state index contributed by atoms with van der Waals surface area (Å²) in [6.45, 7) is 11.0. The number of hydrogen-bond donors (Lipinski definition) is 0. The van der Waals surface area contributed by atoms with Crippen LogP contribution in [0.1, 0.15) is 64.5 Å². The van der Waals surface area contributed by atoms with Crippen molar-refractivity contribution >= 4 is 6.09 Å². The number of benzene rings is 1. The van der Waals surface area contributed by atoms with Crippen molar-refractivity contribution in [2.45, 2.75) is 65.0 Å². The van der Waals surface area contributed by atoms with Crippen molar-refractivity contribution in [3.05, 3.63) is 35.9 Å². The van der Waals surface area contributed by atoms with Crippen LogP contribution >= 0.6 is 0 Å². The molecule has 2 aliphatic heterocycles. The fourth-order valence-electron chi connectivity index (χ4n) is 4.33. The maximum Gasteiger partial charge on any atom is 0.410 e. The van der Waals surface area contributed by atoms with Crippen molar-refractivity contribution in [1.82, 2.24) is 9.80 Å². The van der Waals surface area contributed by atoms with Crippen molar-refractivity contribution in [3.8, 4) is 0 Å². The van der Waals surface area contributed by atoms with Gasteiger partial charge in [-0.3, -0.25) is 0 Å². The summed E-state index contributed by atoms with van der Waals surface area (Å²) < 4.78 is 5.88. The molecule has 0 aromatic heterocycles. The molecule has 0 spiro atoms. The Balaban J connectivity index is 1.71. The fraction of sp³-hybridized carbons (Fsp3) is 0.682. The number of hydrogen-bond acceptors (Lipinski definition) is 3. The van der Waals surface area contributed by atoms with Crippen molar-refractivity contribution < 1.29 is 9.53 Å². The van der Waals surface area contributed by atoms with E-state index in [-0.39, 0.29) is 23.7 Å². The van der Waals surface area contributed by atoms with Gasteiger partial charge < -0.3 is 14.5 Å². The Morgan fingerprint density at radius 2 is 1.77 bits per heavy atom. The predicted molar refractivity (Wildman–Crippen MR) is 105 cm³/mol. The van der Waals surface area contributed by atoms with Crippen LogP contribution in [0.5, 0.6) is 0 Å². The Morgan fingerprint density at radius 1 is 1.08 bits per heavy atom. The summed E-state index contributed by atoms with van der Waals surface area (Å²) in [5, 5.41) is 0. The minimum Gasteiger partial charge on any atom is -0.439 e. The van der Waals surface area contributed by atoms with Gasteiger partial charge in [-0.2, -0.15) is 0 Å². The minimum atomic E-state index is -0.173. The van der Waals surface area contributed by atoms with Gasteiger partial charge in [0.1, 0.15) is 6.10 Å². The molecule has 2 heterocycles. The van der Waals surface area contributed by atoms with Crippen molar-refractivity contribution in [2.75, 3.05) is 26.2 Å². The predicted octanol–water partition coefficient (Wildman–Crippen LogP) is 4.86. The van der Waals surface area contributed by atoms with Gasteiger partial charge in [-0.1, -0.05) is 57.5 Å². The van der Waals surface area contributed by atoms with Crippen molar-refractivity contribution in [1.29, 1.82) is 0 Å². The summed E-state index contributed by atoms with van der Waals surface area (Å²) in [6.07, 6.45) is 5.70. The SMILES string of the molecule is CCC(C)(C)C1C(c2ccccc2)OC(=O)N1CCCN1CCCCC1. The number of ether oxygens (including phenoxy) is 1. The number of nitrogens with zero attached hydrogens (tertiary/aromatic N) is 2. The smallest absolute Gasteiger partial charge is 0.410 e. The molecule has 2 atom stereocenters. The maximum atomic E-state index is 12.7. The summed E-state index contributed by atoms with van der Waals surface area (Å²) in [5.41, 5.74) is 1.11. The van der Waals surface area contributed by atoms with Crippen LogP contribution in [0.4, 0.5) is 4.79 Å². The number of cyclic esters (lactones) is 1. The van der Waals surface area contributed by atoms with Gasteiger partial charge in [0.2, 0.25) is 0 Å². The molecule has 2 aliphatic rings. The van der Waals surface area contributed by atoms with Crippen LogP contribution in [-0.4, -0.2) is 48.1 Å². The van der Waals surface area contributed by atoms with E-state index in [4.69, 9.17) is 4.74 Å². The topological polar surface area (TPSA) is 32.8 Å². The zero-order chi connectivity index (χ0) is 18.6. The number of rotatable bonds is 7. The molecule has 0 saturated carbocycles. The molecule has 4 nitrogen and oxygen atoms in total. The molecule has 0 bridgehead atoms. The monoisotopic (exact) mass is 358 g/mol. The quantitative estimate of drug-likeness (QED) is 0.698. The van der Waals surface area contributed by atoms with Crippen LogP contribution in [0.2, 0.25) is 0 Å².